The van der Waals surface area contributed by atoms with E-state index in [2.05, 4.69) is 20.6 Å². The van der Waals surface area contributed by atoms with Crippen LogP contribution in [-0.4, -0.2) is 92.5 Å². The van der Waals surface area contributed by atoms with Gasteiger partial charge in [-0.15, -0.1) is 0 Å². The molecule has 7 N–H and O–H groups in total. The molecule has 1 aromatic heterocycles. The number of guanidine groups is 1. The maximum Gasteiger partial charge on any atom is 0.490 e. The number of aryl methyl sites for hydroxylation is 1. The molecule has 0 unspecified atom stereocenters. The number of hydrogen-bond acceptors (Lipinski definition) is 11. The maximum atomic E-state index is 12.9. The van der Waals surface area contributed by atoms with Gasteiger partial charge in [-0.3, -0.25) is 39.6 Å². The minimum atomic E-state index is -5.08. The average molecular weight is 780 g/mol. The number of rotatable bonds is 15. The summed E-state index contributed by atoms with van der Waals surface area (Å²) in [5.41, 5.74) is 6.58. The van der Waals surface area contributed by atoms with Gasteiger partial charge in [0.1, 0.15) is 26.3 Å². The Labute approximate surface area is 310 Å². The van der Waals surface area contributed by atoms with E-state index in [1.165, 1.54) is 13.1 Å². The zero-order valence-corrected chi connectivity index (χ0v) is 29.4. The number of alkyl halides is 3. The zero-order chi connectivity index (χ0) is 41.0. The number of carboxylic acids is 2. The number of hydrogen-bond donors (Lipinski definition) is 6. The Morgan fingerprint density at radius 3 is 1.89 bits per heavy atom. The fourth-order valence-electron chi connectivity index (χ4n) is 4.31. The molecule has 0 fully saturated rings. The Balaban J connectivity index is 0.00000136. The molecule has 0 saturated carbocycles. The highest BCUT2D eigenvalue weighted by molar-refractivity contribution is 6.01. The molecule has 0 aliphatic carbocycles. The number of aliphatic carboxylic acids is 2. The van der Waals surface area contributed by atoms with E-state index in [9.17, 15) is 47.0 Å². The number of aromatic amines is 1. The van der Waals surface area contributed by atoms with Crippen molar-refractivity contribution in [3.05, 3.63) is 104 Å². The van der Waals surface area contributed by atoms with Crippen LogP contribution in [0.5, 0.6) is 0 Å². The van der Waals surface area contributed by atoms with Crippen molar-refractivity contribution in [3.8, 4) is 0 Å². The Kier molecular flexibility index (Phi) is 18.3. The molecule has 55 heavy (non-hydrogen) atoms. The van der Waals surface area contributed by atoms with Gasteiger partial charge >= 0.3 is 36.0 Å². The van der Waals surface area contributed by atoms with Gasteiger partial charge in [0.15, 0.2) is 0 Å². The predicted molar refractivity (Wildman–Crippen MR) is 188 cm³/mol. The van der Waals surface area contributed by atoms with Crippen molar-refractivity contribution < 1.29 is 56.8 Å². The summed E-state index contributed by atoms with van der Waals surface area (Å²) in [5.74, 6) is -4.85. The van der Waals surface area contributed by atoms with Crippen LogP contribution >= 0.6 is 0 Å². The number of halogens is 3. The number of nitrogens with two attached hydrogens (primary N) is 1. The smallest absolute Gasteiger partial charge is 0.480 e. The summed E-state index contributed by atoms with van der Waals surface area (Å²) in [7, 11) is 0. The summed E-state index contributed by atoms with van der Waals surface area (Å²) in [6, 6.07) is 17.4. The van der Waals surface area contributed by atoms with E-state index in [-0.39, 0.29) is 37.8 Å². The van der Waals surface area contributed by atoms with E-state index in [0.717, 1.165) is 20.6 Å². The van der Waals surface area contributed by atoms with Crippen LogP contribution in [0.15, 0.2) is 81.4 Å². The number of ether oxygens (including phenoxy) is 2. The maximum absolute atomic E-state index is 12.9. The molecule has 18 nitrogen and oxygen atoms in total. The molecule has 3 aromatic rings. The summed E-state index contributed by atoms with van der Waals surface area (Å²) >= 11 is 0. The number of unbranched alkanes of at least 4 members (excludes halogenated alkanes) is 1. The zero-order valence-electron chi connectivity index (χ0n) is 29.4. The second-order valence-electron chi connectivity index (χ2n) is 11.5. The van der Waals surface area contributed by atoms with Crippen molar-refractivity contribution in [2.75, 3.05) is 19.6 Å². The van der Waals surface area contributed by atoms with E-state index in [4.69, 9.17) is 25.1 Å². The summed E-state index contributed by atoms with van der Waals surface area (Å²) < 4.78 is 43.2. The number of nitrogens with one attached hydrogen (secondary N) is 3. The van der Waals surface area contributed by atoms with Gasteiger partial charge in [-0.1, -0.05) is 67.1 Å². The highest BCUT2D eigenvalue weighted by Gasteiger charge is 2.38. The first-order valence-corrected chi connectivity index (χ1v) is 16.3. The van der Waals surface area contributed by atoms with E-state index in [1.54, 1.807) is 48.5 Å². The first-order valence-electron chi connectivity index (χ1n) is 16.3. The van der Waals surface area contributed by atoms with Crippen LogP contribution in [0.1, 0.15) is 36.0 Å². The van der Waals surface area contributed by atoms with Crippen LogP contribution in [0.3, 0.4) is 0 Å². The molecule has 1 heterocycles. The largest absolute Gasteiger partial charge is 0.490 e. The van der Waals surface area contributed by atoms with E-state index in [0.29, 0.717) is 19.3 Å². The minimum Gasteiger partial charge on any atom is -0.480 e. The van der Waals surface area contributed by atoms with Gasteiger partial charge in [-0.25, -0.2) is 19.2 Å². The van der Waals surface area contributed by atoms with Crippen molar-refractivity contribution >= 4 is 36.0 Å². The van der Waals surface area contributed by atoms with E-state index in [1.807, 2.05) is 12.1 Å². The topological polar surface area (TPSA) is 265 Å². The Morgan fingerprint density at radius 2 is 1.42 bits per heavy atom. The SMILES string of the molecule is Cc1cn(CC(=O)N(CC(=O)O)C[C@@H](N)CCCCN=C(NC(=O)OCc2ccccc2)NC(=O)OCc2ccccc2)c(=O)[nH]c1=O.O=C(O)C(F)(F)F. The standard InChI is InChI=1S/C32H39N7O9.C2HF3O2/c1-22-16-39(30(44)35-28(22)43)18-26(40)38(19-27(41)42)17-25(33)14-8-9-15-34-29(36-31(45)47-20-23-10-4-2-5-11-23)37-32(46)48-21-24-12-6-3-7-13-24;3-2(4,5)1(6)7/h2-7,10-13,16,25H,8-9,14-15,17-21,33H2,1H3,(H,41,42)(H,35,43,44)(H2,34,36,37,45,46);(H,6,7)/t25-;/m0./s1. The number of carbonyl (C=O) groups is 5. The van der Waals surface area contributed by atoms with Crippen molar-refractivity contribution in [2.45, 2.75) is 58.2 Å². The Hall–Kier alpha value is -6.51. The molecule has 0 aliphatic rings. The van der Waals surface area contributed by atoms with Gasteiger partial charge in [0.2, 0.25) is 11.9 Å². The molecule has 3 rings (SSSR count). The fourth-order valence-corrected chi connectivity index (χ4v) is 4.31. The van der Waals surface area contributed by atoms with Crippen LogP contribution in [0, 0.1) is 6.92 Å². The Morgan fingerprint density at radius 1 is 0.909 bits per heavy atom. The average Bonchev–Trinajstić information content (AvgIpc) is 3.12. The molecule has 0 bridgehead atoms. The number of aliphatic imine (C=N–C) groups is 1. The first-order chi connectivity index (χ1) is 25.9. The third-order valence-corrected chi connectivity index (χ3v) is 6.99. The van der Waals surface area contributed by atoms with Gasteiger partial charge in [0.25, 0.3) is 5.56 Å². The normalized spacial score (nSPS) is 11.1. The van der Waals surface area contributed by atoms with Crippen LogP contribution < -0.4 is 27.6 Å². The predicted octanol–water partition coefficient (Wildman–Crippen LogP) is 2.10. The van der Waals surface area contributed by atoms with E-state index >= 15 is 0 Å². The van der Waals surface area contributed by atoms with E-state index < -0.39 is 66.6 Å². The quantitative estimate of drug-likeness (QED) is 0.0736. The molecule has 298 valence electrons. The van der Waals surface area contributed by atoms with Crippen molar-refractivity contribution in [1.29, 1.82) is 0 Å². The lowest BCUT2D eigenvalue weighted by Crippen LogP contribution is -2.46. The summed E-state index contributed by atoms with van der Waals surface area (Å²) in [6.45, 7) is 0.425. The molecular weight excluding hydrogens is 739 g/mol. The third kappa shape index (κ3) is 18.2. The van der Waals surface area contributed by atoms with Gasteiger partial charge in [-0.05, 0) is 30.9 Å². The fraction of sp³-hybridized carbons (Fsp3) is 0.353. The van der Waals surface area contributed by atoms with Gasteiger partial charge in [0, 0.05) is 30.9 Å². The van der Waals surface area contributed by atoms with Gasteiger partial charge < -0.3 is 30.3 Å². The molecule has 0 saturated heterocycles. The van der Waals surface area contributed by atoms with Gasteiger partial charge in [-0.2, -0.15) is 13.2 Å². The second kappa shape index (κ2) is 22.5. The highest BCUT2D eigenvalue weighted by Crippen LogP contribution is 2.13. The highest BCUT2D eigenvalue weighted by atomic mass is 19.4. The molecule has 0 radical (unpaired) electrons. The molecule has 0 spiro atoms. The third-order valence-electron chi connectivity index (χ3n) is 6.99. The summed E-state index contributed by atoms with van der Waals surface area (Å²) in [6.07, 6.45) is -4.20. The number of carbonyl (C=O) groups excluding carboxylic acids is 3. The number of H-pyrrole nitrogens is 1. The van der Waals surface area contributed by atoms with Crippen LogP contribution in [0.4, 0.5) is 22.8 Å². The second-order valence-corrected chi connectivity index (χ2v) is 11.5. The lowest BCUT2D eigenvalue weighted by Gasteiger charge is -2.24. The minimum absolute atomic E-state index is 0.00105. The van der Waals surface area contributed by atoms with Crippen molar-refractivity contribution in [3.63, 3.8) is 0 Å². The number of alkyl carbamates (subject to hydrolysis) is 2. The summed E-state index contributed by atoms with van der Waals surface area (Å²) in [5, 5.41) is 21.3. The molecule has 1 atom stereocenters. The molecule has 21 heteroatoms. The number of aromatic nitrogens is 2. The molecule has 3 amide bonds. The molecular formula is C34H40F3N7O11. The lowest BCUT2D eigenvalue weighted by atomic mass is 10.1. The number of amides is 3. The van der Waals surface area contributed by atoms with Crippen LogP contribution in [0.2, 0.25) is 0 Å². The first kappa shape index (κ1) is 44.7. The van der Waals surface area contributed by atoms with Crippen LogP contribution in [-0.2, 0) is 43.6 Å². The summed E-state index contributed by atoms with van der Waals surface area (Å²) in [4.78, 5) is 89.1. The van der Waals surface area contributed by atoms with Crippen molar-refractivity contribution in [2.24, 2.45) is 10.7 Å². The van der Waals surface area contributed by atoms with Crippen LogP contribution in [0.25, 0.3) is 0 Å². The Bertz CT molecular complexity index is 1830. The van der Waals surface area contributed by atoms with Crippen molar-refractivity contribution in [1.82, 2.24) is 25.1 Å². The molecule has 0 aliphatic heterocycles. The monoisotopic (exact) mass is 779 g/mol. The number of benzene rings is 2. The van der Waals surface area contributed by atoms with Gasteiger partial charge in [0.05, 0.1) is 0 Å². The number of nitrogens with zero attached hydrogens (tertiary/aromatic N) is 3. The number of carboxylic acid groups (broad SMARTS) is 2. The lowest BCUT2D eigenvalue weighted by molar-refractivity contribution is -0.192. The molecule has 2 aromatic carbocycles.